The third kappa shape index (κ3) is 4.50. The maximum Gasteiger partial charge on any atom is 0.362 e. The molecule has 1 aromatic heterocycles. The van der Waals surface area contributed by atoms with Gasteiger partial charge in [-0.25, -0.2) is 23.8 Å². The number of fused-ring (bicyclic) bond motifs is 1. The Labute approximate surface area is 197 Å². The molecule has 0 radical (unpaired) electrons. The Morgan fingerprint density at radius 1 is 1.24 bits per heavy atom. The number of hydrogen-bond acceptors (Lipinski definition) is 7. The van der Waals surface area contributed by atoms with Crippen molar-refractivity contribution in [3.63, 3.8) is 0 Å². The van der Waals surface area contributed by atoms with Gasteiger partial charge >= 0.3 is 5.63 Å². The monoisotopic (exact) mass is 513 g/mol. The van der Waals surface area contributed by atoms with Crippen molar-refractivity contribution in [3.8, 4) is 5.75 Å². The predicted molar refractivity (Wildman–Crippen MR) is 117 cm³/mol. The van der Waals surface area contributed by atoms with E-state index in [9.17, 15) is 18.0 Å². The summed E-state index contributed by atoms with van der Waals surface area (Å²) >= 11 is 12.0. The molecular formula is C20H17Cl2N3O7S. The quantitative estimate of drug-likeness (QED) is 0.339. The average Bonchev–Trinajstić information content (AvgIpc) is 3.18. The summed E-state index contributed by atoms with van der Waals surface area (Å²) in [5.74, 6) is -0.692. The highest BCUT2D eigenvalue weighted by molar-refractivity contribution is 7.89. The number of nitrogens with zero attached hydrogens (tertiary/aromatic N) is 1. The molecule has 1 aliphatic rings. The summed E-state index contributed by atoms with van der Waals surface area (Å²) in [4.78, 5) is 24.2. The van der Waals surface area contributed by atoms with Crippen LogP contribution in [-0.2, 0) is 27.8 Å². The first kappa shape index (κ1) is 23.3. The van der Waals surface area contributed by atoms with Crippen LogP contribution in [0.4, 0.5) is 0 Å². The summed E-state index contributed by atoms with van der Waals surface area (Å²) in [6.45, 7) is 0.0230. The van der Waals surface area contributed by atoms with Gasteiger partial charge in [0.1, 0.15) is 18.4 Å². The van der Waals surface area contributed by atoms with Gasteiger partial charge in [-0.1, -0.05) is 29.3 Å². The van der Waals surface area contributed by atoms with Gasteiger partial charge in [0.2, 0.25) is 10.0 Å². The number of nitrogens with one attached hydrogen (secondary N) is 2. The molecule has 3 N–H and O–H groups in total. The van der Waals surface area contributed by atoms with Gasteiger partial charge in [0.25, 0.3) is 5.91 Å². The molecule has 33 heavy (non-hydrogen) atoms. The number of hydrogen-bond donors (Lipinski definition) is 3. The first-order chi connectivity index (χ1) is 15.7. The van der Waals surface area contributed by atoms with Crippen molar-refractivity contribution < 1.29 is 27.7 Å². The molecule has 174 valence electrons. The molecule has 2 heterocycles. The second-order valence-corrected chi connectivity index (χ2v) is 9.86. The summed E-state index contributed by atoms with van der Waals surface area (Å²) in [6, 6.07) is 8.94. The Hall–Kier alpha value is -2.83. The number of ether oxygens (including phenoxy) is 1. The lowest BCUT2D eigenvalue weighted by molar-refractivity contribution is -0.133. The van der Waals surface area contributed by atoms with Gasteiger partial charge in [0.05, 0.1) is 16.2 Å². The molecule has 0 saturated heterocycles. The zero-order chi connectivity index (χ0) is 23.8. The topological polar surface area (TPSA) is 142 Å². The van der Waals surface area contributed by atoms with E-state index in [0.29, 0.717) is 27.1 Å². The minimum absolute atomic E-state index is 0.115. The number of H-pyrrole nitrogens is 1. The van der Waals surface area contributed by atoms with Gasteiger partial charge in [-0.15, -0.1) is 0 Å². The fourth-order valence-corrected chi connectivity index (χ4v) is 5.55. The van der Waals surface area contributed by atoms with E-state index in [-0.39, 0.29) is 30.0 Å². The van der Waals surface area contributed by atoms with Gasteiger partial charge in [-0.2, -0.15) is 4.31 Å². The highest BCUT2D eigenvalue weighted by atomic mass is 35.5. The van der Waals surface area contributed by atoms with Crippen molar-refractivity contribution in [3.05, 3.63) is 79.8 Å². The predicted octanol–water partition coefficient (Wildman–Crippen LogP) is 2.65. The van der Waals surface area contributed by atoms with E-state index in [1.165, 1.54) is 29.7 Å². The van der Waals surface area contributed by atoms with Crippen molar-refractivity contribution >= 4 is 39.1 Å². The Bertz CT molecular complexity index is 1350. The maximum absolute atomic E-state index is 13.3. The van der Waals surface area contributed by atoms with E-state index in [2.05, 4.69) is 5.16 Å². The number of carbonyl (C=O) groups excluding carboxylic acids is 1. The lowest BCUT2D eigenvalue weighted by Gasteiger charge is -2.31. The Morgan fingerprint density at radius 3 is 2.64 bits per heavy atom. The third-order valence-electron chi connectivity index (χ3n) is 5.15. The molecule has 0 aliphatic carbocycles. The smallest absolute Gasteiger partial charge is 0.362 e. The summed E-state index contributed by atoms with van der Waals surface area (Å²) < 4.78 is 37.8. The number of sulfonamides is 1. The highest BCUT2D eigenvalue weighted by Gasteiger charge is 2.43. The van der Waals surface area contributed by atoms with E-state index in [4.69, 9.17) is 37.7 Å². The van der Waals surface area contributed by atoms with Crippen LogP contribution in [0.15, 0.2) is 56.7 Å². The number of amides is 1. The van der Waals surface area contributed by atoms with Crippen molar-refractivity contribution in [1.29, 1.82) is 0 Å². The fraction of sp³-hybridized carbons (Fsp3) is 0.200. The number of carbonyl (C=O) groups is 1. The SMILES string of the molecule is O=C(NO)[C@H]1c2c([nH]oc2=O)CCN1S(=O)(=O)c1ccc(OCc2ccc(Cl)cc2Cl)cc1. The lowest BCUT2D eigenvalue weighted by Crippen LogP contribution is -2.47. The zero-order valence-electron chi connectivity index (χ0n) is 16.7. The van der Waals surface area contributed by atoms with Gasteiger partial charge in [0.15, 0.2) is 0 Å². The van der Waals surface area contributed by atoms with Crippen LogP contribution in [-0.4, -0.2) is 35.5 Å². The first-order valence-corrected chi connectivity index (χ1v) is 11.7. The van der Waals surface area contributed by atoms with E-state index in [1.54, 1.807) is 18.2 Å². The molecule has 0 spiro atoms. The summed E-state index contributed by atoms with van der Waals surface area (Å²) in [7, 11) is -4.22. The number of benzene rings is 2. The van der Waals surface area contributed by atoms with Gasteiger partial charge < -0.3 is 9.26 Å². The molecule has 4 rings (SSSR count). The molecule has 1 amide bonds. The van der Waals surface area contributed by atoms with Gasteiger partial charge in [0, 0.05) is 28.6 Å². The largest absolute Gasteiger partial charge is 0.489 e. The van der Waals surface area contributed by atoms with Gasteiger partial charge in [-0.05, 0) is 36.4 Å². The third-order valence-corrected chi connectivity index (χ3v) is 7.62. The molecule has 10 nitrogen and oxygen atoms in total. The number of rotatable bonds is 6. The molecule has 1 atom stereocenters. The van der Waals surface area contributed by atoms with Crippen LogP contribution in [0.3, 0.4) is 0 Å². The fourth-order valence-electron chi connectivity index (χ4n) is 3.52. The average molecular weight is 514 g/mol. The summed E-state index contributed by atoms with van der Waals surface area (Å²) in [6.07, 6.45) is 0.124. The standard InChI is InChI=1S/C20H17Cl2N3O7S/c21-12-2-1-11(15(22)9-12)10-31-13-3-5-14(6-4-13)33(29,30)25-8-7-16-17(20(27)32-24-16)18(25)19(26)23-28/h1-6,9,18,24,28H,7-8,10H2,(H,23,26)/t18-/m1/s1. The summed E-state index contributed by atoms with van der Waals surface area (Å²) in [5.41, 5.74) is 1.36. The second-order valence-electron chi connectivity index (χ2n) is 7.12. The molecule has 1 aliphatic heterocycles. The molecule has 13 heteroatoms. The van der Waals surface area contributed by atoms with Crippen LogP contribution in [0.25, 0.3) is 0 Å². The lowest BCUT2D eigenvalue weighted by atomic mass is 10.0. The van der Waals surface area contributed by atoms with E-state index >= 15 is 0 Å². The minimum Gasteiger partial charge on any atom is -0.489 e. The Kier molecular flexibility index (Phi) is 6.50. The van der Waals surface area contributed by atoms with Crippen molar-refractivity contribution in [1.82, 2.24) is 14.9 Å². The van der Waals surface area contributed by atoms with E-state index in [0.717, 1.165) is 4.31 Å². The maximum atomic E-state index is 13.3. The Morgan fingerprint density at radius 2 is 1.97 bits per heavy atom. The molecule has 2 aromatic carbocycles. The second kappa shape index (κ2) is 9.20. The van der Waals surface area contributed by atoms with Crippen LogP contribution in [0, 0.1) is 0 Å². The molecule has 0 fully saturated rings. The van der Waals surface area contributed by atoms with Crippen LogP contribution in [0.1, 0.15) is 22.9 Å². The summed E-state index contributed by atoms with van der Waals surface area (Å²) in [5, 5.41) is 12.4. The van der Waals surface area contributed by atoms with E-state index in [1.807, 2.05) is 0 Å². The zero-order valence-corrected chi connectivity index (χ0v) is 19.1. The molecular weight excluding hydrogens is 497 g/mol. The van der Waals surface area contributed by atoms with Crippen molar-refractivity contribution in [2.45, 2.75) is 24.0 Å². The molecule has 3 aromatic rings. The number of aromatic nitrogens is 1. The number of halogens is 2. The number of hydroxylamine groups is 1. The highest BCUT2D eigenvalue weighted by Crippen LogP contribution is 2.33. The van der Waals surface area contributed by atoms with Crippen LogP contribution < -0.4 is 15.8 Å². The van der Waals surface area contributed by atoms with Crippen LogP contribution in [0.5, 0.6) is 5.75 Å². The minimum atomic E-state index is -4.22. The Balaban J connectivity index is 1.57. The van der Waals surface area contributed by atoms with E-state index < -0.39 is 27.6 Å². The van der Waals surface area contributed by atoms with Crippen LogP contribution in [0.2, 0.25) is 10.0 Å². The van der Waals surface area contributed by atoms with Crippen LogP contribution >= 0.6 is 23.2 Å². The van der Waals surface area contributed by atoms with Crippen molar-refractivity contribution in [2.24, 2.45) is 0 Å². The molecule has 0 unspecified atom stereocenters. The molecule has 0 bridgehead atoms. The van der Waals surface area contributed by atoms with Gasteiger partial charge in [-0.3, -0.25) is 10.0 Å². The van der Waals surface area contributed by atoms with Crippen molar-refractivity contribution in [2.75, 3.05) is 6.54 Å². The first-order valence-electron chi connectivity index (χ1n) is 9.55. The molecule has 0 saturated carbocycles. The number of aromatic amines is 1. The normalized spacial score (nSPS) is 16.3.